The summed E-state index contributed by atoms with van der Waals surface area (Å²) in [6.07, 6.45) is 3.82. The summed E-state index contributed by atoms with van der Waals surface area (Å²) in [4.78, 5) is 28.0. The molecule has 2 aromatic rings. The molecule has 1 fully saturated rings. The fourth-order valence-electron chi connectivity index (χ4n) is 2.39. The number of benzene rings is 1. The second-order valence-corrected chi connectivity index (χ2v) is 5.50. The molecule has 2 atom stereocenters. The first-order valence-corrected chi connectivity index (χ1v) is 7.37. The standard InChI is InChI=1S/C17H16FN3O2/c18-14-5-1-2-6-15(14)21-17(23)13-8-12(13)16(22)20-10-11-4-3-7-19-9-11/h1-7,9,12-13H,8,10H2,(H,20,22)(H,21,23). The van der Waals surface area contributed by atoms with Crippen LogP contribution in [0.2, 0.25) is 0 Å². The van der Waals surface area contributed by atoms with Crippen molar-refractivity contribution in [2.24, 2.45) is 11.8 Å². The molecule has 0 bridgehead atoms. The Bertz CT molecular complexity index is 721. The molecular weight excluding hydrogens is 297 g/mol. The normalized spacial score (nSPS) is 19.0. The summed E-state index contributed by atoms with van der Waals surface area (Å²) in [5.74, 6) is -1.72. The molecule has 1 aliphatic rings. The zero-order valence-corrected chi connectivity index (χ0v) is 12.3. The summed E-state index contributed by atoms with van der Waals surface area (Å²) in [7, 11) is 0. The van der Waals surface area contributed by atoms with Crippen molar-refractivity contribution in [1.82, 2.24) is 10.3 Å². The smallest absolute Gasteiger partial charge is 0.228 e. The Labute approximate surface area is 132 Å². The lowest BCUT2D eigenvalue weighted by Gasteiger charge is -2.06. The van der Waals surface area contributed by atoms with Crippen LogP contribution in [0.4, 0.5) is 10.1 Å². The molecule has 2 N–H and O–H groups in total. The molecule has 1 heterocycles. The first-order valence-electron chi connectivity index (χ1n) is 7.37. The fourth-order valence-corrected chi connectivity index (χ4v) is 2.39. The number of halogens is 1. The summed E-state index contributed by atoms with van der Waals surface area (Å²) in [6.45, 7) is 0.380. The second kappa shape index (κ2) is 6.56. The summed E-state index contributed by atoms with van der Waals surface area (Å²) in [5, 5.41) is 5.31. The molecule has 1 saturated carbocycles. The monoisotopic (exact) mass is 313 g/mol. The van der Waals surface area contributed by atoms with Crippen LogP contribution >= 0.6 is 0 Å². The molecule has 0 aliphatic heterocycles. The van der Waals surface area contributed by atoms with Crippen LogP contribution in [-0.2, 0) is 16.1 Å². The van der Waals surface area contributed by atoms with E-state index >= 15 is 0 Å². The number of anilines is 1. The molecule has 3 rings (SSSR count). The third-order valence-electron chi connectivity index (χ3n) is 3.79. The van der Waals surface area contributed by atoms with Crippen molar-refractivity contribution in [3.8, 4) is 0 Å². The average Bonchev–Trinajstić information content (AvgIpc) is 3.36. The van der Waals surface area contributed by atoms with Gasteiger partial charge in [0.25, 0.3) is 0 Å². The number of aromatic nitrogens is 1. The third kappa shape index (κ3) is 3.71. The molecule has 1 aromatic heterocycles. The SMILES string of the molecule is O=C(NCc1cccnc1)C1CC1C(=O)Nc1ccccc1F. The first kappa shape index (κ1) is 15.1. The minimum absolute atomic E-state index is 0.138. The molecule has 0 radical (unpaired) electrons. The Balaban J connectivity index is 1.49. The van der Waals surface area contributed by atoms with Crippen LogP contribution in [0.5, 0.6) is 0 Å². The van der Waals surface area contributed by atoms with Gasteiger partial charge in [0, 0.05) is 18.9 Å². The summed E-state index contributed by atoms with van der Waals surface area (Å²) in [5.41, 5.74) is 1.03. The maximum Gasteiger partial charge on any atom is 0.228 e. The van der Waals surface area contributed by atoms with Gasteiger partial charge in [-0.05, 0) is 30.2 Å². The summed E-state index contributed by atoms with van der Waals surface area (Å²) in [6, 6.07) is 9.62. The van der Waals surface area contributed by atoms with Crippen molar-refractivity contribution in [3.63, 3.8) is 0 Å². The number of carbonyl (C=O) groups is 2. The zero-order valence-electron chi connectivity index (χ0n) is 12.3. The Hall–Kier alpha value is -2.76. The van der Waals surface area contributed by atoms with E-state index in [-0.39, 0.29) is 23.4 Å². The second-order valence-electron chi connectivity index (χ2n) is 5.50. The number of pyridine rings is 1. The highest BCUT2D eigenvalue weighted by Crippen LogP contribution is 2.39. The highest BCUT2D eigenvalue weighted by molar-refractivity contribution is 5.99. The van der Waals surface area contributed by atoms with E-state index < -0.39 is 11.7 Å². The van der Waals surface area contributed by atoms with Crippen LogP contribution in [-0.4, -0.2) is 16.8 Å². The van der Waals surface area contributed by atoms with E-state index in [1.54, 1.807) is 30.6 Å². The van der Waals surface area contributed by atoms with Gasteiger partial charge in [0.05, 0.1) is 17.5 Å². The van der Waals surface area contributed by atoms with E-state index in [4.69, 9.17) is 0 Å². The van der Waals surface area contributed by atoms with Crippen LogP contribution in [0, 0.1) is 17.7 Å². The number of carbonyl (C=O) groups excluding carboxylic acids is 2. The van der Waals surface area contributed by atoms with E-state index in [0.29, 0.717) is 13.0 Å². The number of para-hydroxylation sites is 1. The number of hydrogen-bond acceptors (Lipinski definition) is 3. The predicted octanol–water partition coefficient (Wildman–Crippen LogP) is 2.11. The van der Waals surface area contributed by atoms with Gasteiger partial charge in [-0.15, -0.1) is 0 Å². The lowest BCUT2D eigenvalue weighted by molar-refractivity contribution is -0.125. The van der Waals surface area contributed by atoms with Crippen LogP contribution in [0.15, 0.2) is 48.8 Å². The molecule has 6 heteroatoms. The average molecular weight is 313 g/mol. The van der Waals surface area contributed by atoms with Crippen LogP contribution < -0.4 is 10.6 Å². The van der Waals surface area contributed by atoms with Gasteiger partial charge < -0.3 is 10.6 Å². The third-order valence-corrected chi connectivity index (χ3v) is 3.79. The Kier molecular flexibility index (Phi) is 4.32. The Morgan fingerprint density at radius 1 is 1.13 bits per heavy atom. The highest BCUT2D eigenvalue weighted by Gasteiger charge is 2.48. The van der Waals surface area contributed by atoms with E-state index in [2.05, 4.69) is 15.6 Å². The zero-order chi connectivity index (χ0) is 16.2. The first-order chi connectivity index (χ1) is 11.1. The molecule has 0 spiro atoms. The van der Waals surface area contributed by atoms with Gasteiger partial charge in [0.2, 0.25) is 11.8 Å². The Morgan fingerprint density at radius 2 is 1.91 bits per heavy atom. The van der Waals surface area contributed by atoms with Crippen molar-refractivity contribution in [1.29, 1.82) is 0 Å². The molecule has 2 unspecified atom stereocenters. The quantitative estimate of drug-likeness (QED) is 0.888. The minimum atomic E-state index is -0.487. The summed E-state index contributed by atoms with van der Waals surface area (Å²) >= 11 is 0. The summed E-state index contributed by atoms with van der Waals surface area (Å²) < 4.78 is 13.5. The molecule has 5 nitrogen and oxygen atoms in total. The maximum atomic E-state index is 13.5. The molecular formula is C17H16FN3O2. The minimum Gasteiger partial charge on any atom is -0.352 e. The Morgan fingerprint density at radius 3 is 2.65 bits per heavy atom. The van der Waals surface area contributed by atoms with Gasteiger partial charge in [0.1, 0.15) is 5.82 Å². The number of amides is 2. The van der Waals surface area contributed by atoms with Gasteiger partial charge in [-0.1, -0.05) is 18.2 Å². The molecule has 1 aliphatic carbocycles. The van der Waals surface area contributed by atoms with Crippen molar-refractivity contribution >= 4 is 17.5 Å². The molecule has 118 valence electrons. The molecule has 0 saturated heterocycles. The highest BCUT2D eigenvalue weighted by atomic mass is 19.1. The number of nitrogens with zero attached hydrogens (tertiary/aromatic N) is 1. The largest absolute Gasteiger partial charge is 0.352 e. The van der Waals surface area contributed by atoms with E-state index in [9.17, 15) is 14.0 Å². The maximum absolute atomic E-state index is 13.5. The number of nitrogens with one attached hydrogen (secondary N) is 2. The predicted molar refractivity (Wildman–Crippen MR) is 82.7 cm³/mol. The fraction of sp³-hybridized carbons (Fsp3) is 0.235. The van der Waals surface area contributed by atoms with Gasteiger partial charge in [-0.25, -0.2) is 4.39 Å². The lowest BCUT2D eigenvalue weighted by atomic mass is 10.2. The van der Waals surface area contributed by atoms with Crippen LogP contribution in [0.3, 0.4) is 0 Å². The van der Waals surface area contributed by atoms with Crippen LogP contribution in [0.1, 0.15) is 12.0 Å². The van der Waals surface area contributed by atoms with Crippen LogP contribution in [0.25, 0.3) is 0 Å². The van der Waals surface area contributed by atoms with Gasteiger partial charge in [-0.3, -0.25) is 14.6 Å². The van der Waals surface area contributed by atoms with Crippen molar-refractivity contribution in [3.05, 3.63) is 60.2 Å². The lowest BCUT2D eigenvalue weighted by Crippen LogP contribution is -2.27. The van der Waals surface area contributed by atoms with Gasteiger partial charge in [-0.2, -0.15) is 0 Å². The van der Waals surface area contributed by atoms with Gasteiger partial charge >= 0.3 is 0 Å². The van der Waals surface area contributed by atoms with Gasteiger partial charge in [0.15, 0.2) is 0 Å². The van der Waals surface area contributed by atoms with Crippen molar-refractivity contribution < 1.29 is 14.0 Å². The van der Waals surface area contributed by atoms with Crippen molar-refractivity contribution in [2.75, 3.05) is 5.32 Å². The van der Waals surface area contributed by atoms with E-state index in [1.807, 2.05) is 6.07 Å². The molecule has 2 amide bonds. The van der Waals surface area contributed by atoms with Crippen molar-refractivity contribution in [2.45, 2.75) is 13.0 Å². The van der Waals surface area contributed by atoms with E-state index in [1.165, 1.54) is 12.1 Å². The van der Waals surface area contributed by atoms with E-state index in [0.717, 1.165) is 5.56 Å². The topological polar surface area (TPSA) is 71.1 Å². The number of rotatable bonds is 5. The number of hydrogen-bond donors (Lipinski definition) is 2. The molecule has 23 heavy (non-hydrogen) atoms. The molecule has 1 aromatic carbocycles.